The fraction of sp³-hybridized carbons (Fsp3) is 0.978. The highest BCUT2D eigenvalue weighted by molar-refractivity contribution is 7.80. The zero-order valence-corrected chi connectivity index (χ0v) is 37.7. The van der Waals surface area contributed by atoms with Gasteiger partial charge in [-0.25, -0.2) is 4.18 Å². The van der Waals surface area contributed by atoms with Crippen LogP contribution in [0.1, 0.15) is 219 Å². The number of hydrogen-bond acceptors (Lipinski definition) is 11. The van der Waals surface area contributed by atoms with Gasteiger partial charge >= 0.3 is 16.4 Å². The molecule has 0 spiro atoms. The van der Waals surface area contributed by atoms with Crippen molar-refractivity contribution in [2.45, 2.75) is 256 Å². The number of rotatable bonds is 42. The van der Waals surface area contributed by atoms with Gasteiger partial charge in [-0.2, -0.15) is 8.42 Å². The Morgan fingerprint density at radius 1 is 0.586 bits per heavy atom. The molecule has 1 fully saturated rings. The molecule has 346 valence electrons. The molecule has 1 aliphatic rings. The van der Waals surface area contributed by atoms with Crippen LogP contribution in [-0.2, 0) is 38.3 Å². The van der Waals surface area contributed by atoms with Crippen molar-refractivity contribution in [3.05, 3.63) is 0 Å². The maximum atomic E-state index is 12.8. The fourth-order valence-corrected chi connectivity index (χ4v) is 8.12. The number of carbonyl (C=O) groups is 1. The summed E-state index contributed by atoms with van der Waals surface area (Å²) in [4.78, 5) is 12.8. The summed E-state index contributed by atoms with van der Waals surface area (Å²) >= 11 is 0. The van der Waals surface area contributed by atoms with Crippen LogP contribution in [0.3, 0.4) is 0 Å². The third kappa shape index (κ3) is 31.0. The maximum absolute atomic E-state index is 12.8. The third-order valence-corrected chi connectivity index (χ3v) is 11.7. The summed E-state index contributed by atoms with van der Waals surface area (Å²) in [5.41, 5.74) is 0. The first-order valence-electron chi connectivity index (χ1n) is 23.8. The summed E-state index contributed by atoms with van der Waals surface area (Å²) in [6.07, 6.45) is 30.0. The molecule has 0 saturated carbocycles. The molecule has 58 heavy (non-hydrogen) atoms. The maximum Gasteiger partial charge on any atom is 0.397 e. The van der Waals surface area contributed by atoms with E-state index in [1.54, 1.807) is 0 Å². The van der Waals surface area contributed by atoms with E-state index in [1.807, 2.05) is 0 Å². The van der Waals surface area contributed by atoms with E-state index in [4.69, 9.17) is 23.5 Å². The van der Waals surface area contributed by atoms with Gasteiger partial charge in [0.2, 0.25) is 0 Å². The summed E-state index contributed by atoms with van der Waals surface area (Å²) in [5.74, 6) is -0.393. The molecule has 1 saturated heterocycles. The first-order chi connectivity index (χ1) is 28.1. The lowest BCUT2D eigenvalue weighted by Gasteiger charge is -2.41. The van der Waals surface area contributed by atoms with Crippen LogP contribution in [0.4, 0.5) is 0 Å². The second-order valence-electron chi connectivity index (χ2n) is 16.7. The Balaban J connectivity index is 2.32. The van der Waals surface area contributed by atoms with E-state index in [0.717, 1.165) is 38.5 Å². The number of ether oxygens (including phenoxy) is 4. The smallest absolute Gasteiger partial charge is 0.397 e. The third-order valence-electron chi connectivity index (χ3n) is 11.2. The molecule has 0 aromatic heterocycles. The Morgan fingerprint density at radius 3 is 1.38 bits per heavy atom. The van der Waals surface area contributed by atoms with Gasteiger partial charge in [0.25, 0.3) is 0 Å². The molecule has 4 N–H and O–H groups in total. The number of hydrogen-bond donors (Lipinski definition) is 4. The highest BCUT2D eigenvalue weighted by atomic mass is 32.3. The highest BCUT2D eigenvalue weighted by Gasteiger charge is 2.48. The van der Waals surface area contributed by atoms with Crippen LogP contribution >= 0.6 is 0 Å². The number of aliphatic hydroxyl groups excluding tert-OH is 3. The fourth-order valence-electron chi connectivity index (χ4n) is 7.62. The van der Waals surface area contributed by atoms with Crippen molar-refractivity contribution < 1.29 is 56.2 Å². The van der Waals surface area contributed by atoms with Crippen molar-refractivity contribution in [3.8, 4) is 0 Å². The Bertz CT molecular complexity index is 1030. The van der Waals surface area contributed by atoms with Gasteiger partial charge < -0.3 is 34.3 Å². The molecular weight excluding hydrogens is 765 g/mol. The second kappa shape index (κ2) is 37.8. The minimum absolute atomic E-state index is 0.0439. The molecule has 12 nitrogen and oxygen atoms in total. The van der Waals surface area contributed by atoms with E-state index in [9.17, 15) is 28.5 Å². The average Bonchev–Trinajstić information content (AvgIpc) is 3.19. The molecule has 6 atom stereocenters. The van der Waals surface area contributed by atoms with Crippen LogP contribution < -0.4 is 0 Å². The lowest BCUT2D eigenvalue weighted by molar-refractivity contribution is -0.301. The molecule has 0 aromatic rings. The van der Waals surface area contributed by atoms with Crippen molar-refractivity contribution in [2.24, 2.45) is 0 Å². The van der Waals surface area contributed by atoms with Gasteiger partial charge in [-0.3, -0.25) is 9.35 Å². The number of carbonyl (C=O) groups excluding carboxylic acids is 1. The summed E-state index contributed by atoms with van der Waals surface area (Å²) in [6, 6.07) is 0. The van der Waals surface area contributed by atoms with Crippen molar-refractivity contribution in [2.75, 3.05) is 26.4 Å². The molecule has 1 aliphatic heterocycles. The van der Waals surface area contributed by atoms with Gasteiger partial charge in [0, 0.05) is 13.0 Å². The SMILES string of the molecule is CCCCCCCCCCCCCCCCCCCCCCCC(=O)OC(COCCCCCCCCCCCC)COC1OC(CO)C(O)C(OS(=O)(=O)O)C1O. The predicted molar refractivity (Wildman–Crippen MR) is 230 cm³/mol. The second-order valence-corrected chi connectivity index (χ2v) is 17.8. The van der Waals surface area contributed by atoms with Crippen LogP contribution in [0, 0.1) is 0 Å². The van der Waals surface area contributed by atoms with Gasteiger partial charge in [-0.05, 0) is 12.8 Å². The average molecular weight is 853 g/mol. The molecule has 0 bridgehead atoms. The predicted octanol–water partition coefficient (Wildman–Crippen LogP) is 10.1. The molecule has 0 aromatic carbocycles. The molecular formula is C45H88O12S. The van der Waals surface area contributed by atoms with Crippen LogP contribution in [0.2, 0.25) is 0 Å². The summed E-state index contributed by atoms with van der Waals surface area (Å²) in [6.45, 7) is 4.02. The van der Waals surface area contributed by atoms with Crippen LogP contribution in [0.25, 0.3) is 0 Å². The summed E-state index contributed by atoms with van der Waals surface area (Å²) < 4.78 is 59.0. The van der Waals surface area contributed by atoms with E-state index in [1.165, 1.54) is 154 Å². The molecule has 0 radical (unpaired) electrons. The number of aliphatic hydroxyl groups is 3. The van der Waals surface area contributed by atoms with E-state index >= 15 is 0 Å². The first-order valence-corrected chi connectivity index (χ1v) is 25.2. The Labute approximate surface area is 354 Å². The minimum Gasteiger partial charge on any atom is -0.457 e. The zero-order valence-electron chi connectivity index (χ0n) is 36.9. The van der Waals surface area contributed by atoms with E-state index in [2.05, 4.69) is 18.0 Å². The molecule has 1 rings (SSSR count). The van der Waals surface area contributed by atoms with Gasteiger partial charge in [-0.15, -0.1) is 0 Å². The first kappa shape index (κ1) is 55.1. The molecule has 1 heterocycles. The van der Waals surface area contributed by atoms with Crippen molar-refractivity contribution in [3.63, 3.8) is 0 Å². The Kier molecular flexibility index (Phi) is 35.9. The zero-order chi connectivity index (χ0) is 42.5. The molecule has 0 aliphatic carbocycles. The molecule has 0 amide bonds. The van der Waals surface area contributed by atoms with E-state index in [0.29, 0.717) is 13.0 Å². The van der Waals surface area contributed by atoms with Crippen molar-refractivity contribution >= 4 is 16.4 Å². The van der Waals surface area contributed by atoms with Crippen LogP contribution in [0.15, 0.2) is 0 Å². The number of esters is 1. The van der Waals surface area contributed by atoms with Gasteiger partial charge in [-0.1, -0.05) is 200 Å². The Morgan fingerprint density at radius 2 is 0.983 bits per heavy atom. The van der Waals surface area contributed by atoms with Crippen molar-refractivity contribution in [1.82, 2.24) is 0 Å². The van der Waals surface area contributed by atoms with Crippen LogP contribution in [-0.4, -0.2) is 97.5 Å². The van der Waals surface area contributed by atoms with Gasteiger partial charge in [0.1, 0.15) is 30.5 Å². The van der Waals surface area contributed by atoms with E-state index < -0.39 is 59.8 Å². The van der Waals surface area contributed by atoms with Crippen LogP contribution in [0.5, 0.6) is 0 Å². The Hall–Kier alpha value is -0.900. The molecule has 13 heteroatoms. The largest absolute Gasteiger partial charge is 0.457 e. The lowest BCUT2D eigenvalue weighted by atomic mass is 9.99. The normalized spacial score (nSPS) is 20.4. The quantitative estimate of drug-likeness (QED) is 0.0260. The van der Waals surface area contributed by atoms with E-state index in [-0.39, 0.29) is 19.6 Å². The van der Waals surface area contributed by atoms with Gasteiger partial charge in [0.15, 0.2) is 6.29 Å². The molecule has 6 unspecified atom stereocenters. The summed E-state index contributed by atoms with van der Waals surface area (Å²) in [5, 5.41) is 30.6. The highest BCUT2D eigenvalue weighted by Crippen LogP contribution is 2.26. The standard InChI is InChI=1S/C45H88O12S/c1-3-5-7-9-11-13-15-16-17-18-19-20-21-22-23-24-25-26-28-30-32-34-41(47)55-39(37-53-35-33-31-29-27-14-12-10-8-6-4-2)38-54-45-43(49)44(57-58(50,51)52)42(48)40(36-46)56-45/h39-40,42-46,48-49H,3-38H2,1-2H3,(H,50,51,52). The topological polar surface area (TPSA) is 178 Å². The minimum atomic E-state index is -5.05. The summed E-state index contributed by atoms with van der Waals surface area (Å²) in [7, 11) is -5.05. The lowest BCUT2D eigenvalue weighted by Crippen LogP contribution is -2.60. The van der Waals surface area contributed by atoms with Crippen molar-refractivity contribution in [1.29, 1.82) is 0 Å². The number of unbranched alkanes of at least 4 members (excludes halogenated alkanes) is 29. The van der Waals surface area contributed by atoms with Gasteiger partial charge in [0.05, 0.1) is 19.8 Å². The monoisotopic (exact) mass is 853 g/mol.